The lowest BCUT2D eigenvalue weighted by Crippen LogP contribution is -2.34. The van der Waals surface area contributed by atoms with Crippen molar-refractivity contribution in [3.05, 3.63) is 53.5 Å². The summed E-state index contributed by atoms with van der Waals surface area (Å²) in [7, 11) is -1.18. The number of aromatic nitrogens is 2. The molecule has 0 spiro atoms. The van der Waals surface area contributed by atoms with Gasteiger partial charge >= 0.3 is 0 Å². The third-order valence-electron chi connectivity index (χ3n) is 4.72. The maximum Gasteiger partial charge on any atom is 0.270 e. The average molecular weight is 388 g/mol. The molecule has 1 saturated heterocycles. The van der Waals surface area contributed by atoms with Crippen LogP contribution in [-0.4, -0.2) is 55.4 Å². The number of hydrogen-bond acceptors (Lipinski definition) is 6. The van der Waals surface area contributed by atoms with Gasteiger partial charge in [0.05, 0.1) is 11.5 Å². The first-order valence-electron chi connectivity index (χ1n) is 8.95. The summed E-state index contributed by atoms with van der Waals surface area (Å²) in [4.78, 5) is 22.9. The highest BCUT2D eigenvalue weighted by Gasteiger charge is 2.31. The number of sulfone groups is 1. The summed E-state index contributed by atoms with van der Waals surface area (Å²) in [6.45, 7) is 2.24. The number of aryl methyl sites for hydroxylation is 1. The zero-order chi connectivity index (χ0) is 19.4. The molecule has 7 nitrogen and oxygen atoms in total. The summed E-state index contributed by atoms with van der Waals surface area (Å²) >= 11 is 0. The highest BCUT2D eigenvalue weighted by atomic mass is 32.2. The van der Waals surface area contributed by atoms with Gasteiger partial charge in [0, 0.05) is 25.7 Å². The minimum absolute atomic E-state index is 0.116. The van der Waals surface area contributed by atoms with Gasteiger partial charge in [-0.05, 0) is 25.3 Å². The van der Waals surface area contributed by atoms with E-state index in [9.17, 15) is 13.2 Å². The highest BCUT2D eigenvalue weighted by molar-refractivity contribution is 7.91. The van der Waals surface area contributed by atoms with Crippen LogP contribution >= 0.6 is 0 Å². The molecule has 0 aliphatic carbocycles. The fourth-order valence-corrected chi connectivity index (χ4v) is 4.95. The maximum atomic E-state index is 12.5. The van der Waals surface area contributed by atoms with Gasteiger partial charge < -0.3 is 10.2 Å². The Labute approximate surface area is 159 Å². The van der Waals surface area contributed by atoms with Gasteiger partial charge in [-0.15, -0.1) is 0 Å². The second kappa shape index (κ2) is 8.04. The molecule has 27 heavy (non-hydrogen) atoms. The maximum absolute atomic E-state index is 12.5. The molecule has 1 fully saturated rings. The molecule has 144 valence electrons. The standard InChI is InChI=1S/C19H24N4O3S/c1-14-21-17(19(24)20-10-8-15-6-4-3-5-7-15)12-18(22-14)23(2)16-9-11-27(25,26)13-16/h3-7,12,16H,8-11,13H2,1-2H3,(H,20,24). The van der Waals surface area contributed by atoms with Gasteiger partial charge in [0.15, 0.2) is 9.84 Å². The van der Waals surface area contributed by atoms with Gasteiger partial charge in [-0.1, -0.05) is 30.3 Å². The molecule has 3 rings (SSSR count). The van der Waals surface area contributed by atoms with E-state index in [0.717, 1.165) is 12.0 Å². The highest BCUT2D eigenvalue weighted by Crippen LogP contribution is 2.22. The van der Waals surface area contributed by atoms with E-state index < -0.39 is 9.84 Å². The van der Waals surface area contributed by atoms with E-state index in [1.807, 2.05) is 42.3 Å². The van der Waals surface area contributed by atoms with Crippen LogP contribution < -0.4 is 10.2 Å². The lowest BCUT2D eigenvalue weighted by atomic mass is 10.1. The first-order chi connectivity index (χ1) is 12.8. The SMILES string of the molecule is Cc1nc(C(=O)NCCc2ccccc2)cc(N(C)C2CCS(=O)(=O)C2)n1. The summed E-state index contributed by atoms with van der Waals surface area (Å²) in [6, 6.07) is 11.4. The molecule has 2 heterocycles. The Morgan fingerprint density at radius 2 is 2.00 bits per heavy atom. The van der Waals surface area contributed by atoms with Crippen LogP contribution in [0, 0.1) is 6.92 Å². The largest absolute Gasteiger partial charge is 0.356 e. The Hall–Kier alpha value is -2.48. The van der Waals surface area contributed by atoms with Crippen LogP contribution in [0.2, 0.25) is 0 Å². The lowest BCUT2D eigenvalue weighted by Gasteiger charge is -2.25. The van der Waals surface area contributed by atoms with Crippen molar-refractivity contribution < 1.29 is 13.2 Å². The molecule has 1 atom stereocenters. The Kier molecular flexibility index (Phi) is 5.74. The first-order valence-corrected chi connectivity index (χ1v) is 10.8. The molecular weight excluding hydrogens is 364 g/mol. The Morgan fingerprint density at radius 3 is 2.67 bits per heavy atom. The van der Waals surface area contributed by atoms with Crippen molar-refractivity contribution in [1.82, 2.24) is 15.3 Å². The number of carbonyl (C=O) groups is 1. The zero-order valence-corrected chi connectivity index (χ0v) is 16.4. The minimum atomic E-state index is -2.99. The van der Waals surface area contributed by atoms with Crippen molar-refractivity contribution >= 4 is 21.6 Å². The Morgan fingerprint density at radius 1 is 1.26 bits per heavy atom. The monoisotopic (exact) mass is 388 g/mol. The number of amides is 1. The van der Waals surface area contributed by atoms with E-state index in [2.05, 4.69) is 15.3 Å². The van der Waals surface area contributed by atoms with Crippen molar-refractivity contribution in [3.8, 4) is 0 Å². The smallest absolute Gasteiger partial charge is 0.270 e. The number of hydrogen-bond donors (Lipinski definition) is 1. The van der Waals surface area contributed by atoms with E-state index in [0.29, 0.717) is 30.3 Å². The van der Waals surface area contributed by atoms with Crippen LogP contribution in [-0.2, 0) is 16.3 Å². The van der Waals surface area contributed by atoms with Crippen molar-refractivity contribution in [2.75, 3.05) is 30.0 Å². The molecule has 1 aliphatic rings. The van der Waals surface area contributed by atoms with Gasteiger partial charge in [-0.3, -0.25) is 4.79 Å². The van der Waals surface area contributed by atoms with Gasteiger partial charge in [0.2, 0.25) is 0 Å². The molecule has 1 aliphatic heterocycles. The number of nitrogens with one attached hydrogen (secondary N) is 1. The third kappa shape index (κ3) is 5.03. The quantitative estimate of drug-likeness (QED) is 0.804. The van der Waals surface area contributed by atoms with Crippen molar-refractivity contribution in [2.24, 2.45) is 0 Å². The van der Waals surface area contributed by atoms with Gasteiger partial charge in [0.25, 0.3) is 5.91 Å². The van der Waals surface area contributed by atoms with E-state index in [-0.39, 0.29) is 23.5 Å². The van der Waals surface area contributed by atoms with E-state index in [1.54, 1.807) is 13.0 Å². The van der Waals surface area contributed by atoms with Gasteiger partial charge in [-0.25, -0.2) is 18.4 Å². The topological polar surface area (TPSA) is 92.3 Å². The van der Waals surface area contributed by atoms with Crippen molar-refractivity contribution in [2.45, 2.75) is 25.8 Å². The lowest BCUT2D eigenvalue weighted by molar-refractivity contribution is 0.0948. The summed E-state index contributed by atoms with van der Waals surface area (Å²) in [5.41, 5.74) is 1.44. The fourth-order valence-electron chi connectivity index (χ4n) is 3.17. The number of nitrogens with zero attached hydrogens (tertiary/aromatic N) is 3. The summed E-state index contributed by atoms with van der Waals surface area (Å²) < 4.78 is 23.5. The minimum Gasteiger partial charge on any atom is -0.356 e. The Balaban J connectivity index is 1.66. The van der Waals surface area contributed by atoms with Crippen LogP contribution in [0.5, 0.6) is 0 Å². The van der Waals surface area contributed by atoms with E-state index in [4.69, 9.17) is 0 Å². The van der Waals surface area contributed by atoms with Gasteiger partial charge in [0.1, 0.15) is 17.3 Å². The number of benzene rings is 1. The van der Waals surface area contributed by atoms with Crippen LogP contribution in [0.1, 0.15) is 28.3 Å². The molecule has 1 amide bonds. The molecule has 1 N–H and O–H groups in total. The van der Waals surface area contributed by atoms with Crippen molar-refractivity contribution in [1.29, 1.82) is 0 Å². The summed E-state index contributed by atoms with van der Waals surface area (Å²) in [5, 5.41) is 2.88. The average Bonchev–Trinajstić information content (AvgIpc) is 3.01. The van der Waals surface area contributed by atoms with Crippen LogP contribution in [0.3, 0.4) is 0 Å². The molecule has 0 bridgehead atoms. The van der Waals surface area contributed by atoms with Gasteiger partial charge in [-0.2, -0.15) is 0 Å². The molecule has 1 aromatic heterocycles. The predicted octanol–water partition coefficient (Wildman–Crippen LogP) is 1.38. The van der Waals surface area contributed by atoms with Crippen LogP contribution in [0.4, 0.5) is 5.82 Å². The molecule has 2 aromatic rings. The summed E-state index contributed by atoms with van der Waals surface area (Å²) in [5.74, 6) is 1.10. The second-order valence-corrected chi connectivity index (χ2v) is 9.05. The Bertz CT molecular complexity index is 916. The molecule has 1 aromatic carbocycles. The van der Waals surface area contributed by atoms with Crippen molar-refractivity contribution in [3.63, 3.8) is 0 Å². The third-order valence-corrected chi connectivity index (χ3v) is 6.47. The molecule has 1 unspecified atom stereocenters. The molecule has 0 radical (unpaired) electrons. The summed E-state index contributed by atoms with van der Waals surface area (Å²) in [6.07, 6.45) is 1.31. The van der Waals surface area contributed by atoms with Crippen LogP contribution in [0.25, 0.3) is 0 Å². The number of rotatable bonds is 6. The normalized spacial score (nSPS) is 18.2. The fraction of sp³-hybridized carbons (Fsp3) is 0.421. The zero-order valence-electron chi connectivity index (χ0n) is 15.6. The number of carbonyl (C=O) groups excluding carboxylic acids is 1. The molecule has 8 heteroatoms. The number of anilines is 1. The molecular formula is C19H24N4O3S. The van der Waals surface area contributed by atoms with E-state index >= 15 is 0 Å². The van der Waals surface area contributed by atoms with Crippen LogP contribution in [0.15, 0.2) is 36.4 Å². The second-order valence-electron chi connectivity index (χ2n) is 6.82. The first kappa shape index (κ1) is 19.3. The molecule has 0 saturated carbocycles. The van der Waals surface area contributed by atoms with E-state index in [1.165, 1.54) is 0 Å². The predicted molar refractivity (Wildman–Crippen MR) is 105 cm³/mol.